The molecule has 21 heavy (non-hydrogen) atoms. The Balaban J connectivity index is 2.18. The largest absolute Gasteiger partial charge is 0.372 e. The summed E-state index contributed by atoms with van der Waals surface area (Å²) in [6, 6.07) is 8.55. The summed E-state index contributed by atoms with van der Waals surface area (Å²) in [6.45, 7) is 6.69. The Bertz CT molecular complexity index is 462. The van der Waals surface area contributed by atoms with Crippen LogP contribution in [0.25, 0.3) is 0 Å². The van der Waals surface area contributed by atoms with Gasteiger partial charge >= 0.3 is 0 Å². The van der Waals surface area contributed by atoms with Gasteiger partial charge in [0.15, 0.2) is 0 Å². The van der Waals surface area contributed by atoms with Crippen LogP contribution < -0.4 is 10.2 Å². The van der Waals surface area contributed by atoms with E-state index in [1.807, 2.05) is 30.0 Å². The van der Waals surface area contributed by atoms with E-state index in [1.165, 1.54) is 5.56 Å². The molecule has 0 spiro atoms. The van der Waals surface area contributed by atoms with E-state index in [9.17, 15) is 4.79 Å². The van der Waals surface area contributed by atoms with Crippen molar-refractivity contribution in [2.24, 2.45) is 0 Å². The van der Waals surface area contributed by atoms with E-state index in [-0.39, 0.29) is 12.5 Å². The third-order valence-electron chi connectivity index (χ3n) is 3.80. The molecule has 0 radical (unpaired) electrons. The van der Waals surface area contributed by atoms with E-state index >= 15 is 0 Å². The van der Waals surface area contributed by atoms with Crippen LogP contribution in [0.1, 0.15) is 44.7 Å². The zero-order chi connectivity index (χ0) is 15.1. The van der Waals surface area contributed by atoms with Gasteiger partial charge in [-0.1, -0.05) is 32.0 Å². The maximum absolute atomic E-state index is 12.4. The summed E-state index contributed by atoms with van der Waals surface area (Å²) >= 11 is 0. The Labute approximate surface area is 127 Å². The van der Waals surface area contributed by atoms with Gasteiger partial charge in [0.2, 0.25) is 0 Å². The number of para-hydroxylation sites is 1. The van der Waals surface area contributed by atoms with Gasteiger partial charge in [0.05, 0.1) is 0 Å². The molecule has 0 aliphatic carbocycles. The monoisotopic (exact) mass is 290 g/mol. The lowest BCUT2D eigenvalue weighted by molar-refractivity contribution is -0.123. The van der Waals surface area contributed by atoms with Crippen molar-refractivity contribution in [1.29, 1.82) is 0 Å². The van der Waals surface area contributed by atoms with Gasteiger partial charge in [-0.3, -0.25) is 4.79 Å². The molecule has 1 atom stereocenters. The highest BCUT2D eigenvalue weighted by atomic mass is 16.5. The second-order valence-corrected chi connectivity index (χ2v) is 5.41. The maximum atomic E-state index is 12.4. The minimum Gasteiger partial charge on any atom is -0.372 e. The Morgan fingerprint density at radius 3 is 2.95 bits per heavy atom. The predicted octanol–water partition coefficient (Wildman–Crippen LogP) is 2.89. The van der Waals surface area contributed by atoms with E-state index < -0.39 is 0 Å². The lowest BCUT2D eigenvalue weighted by Crippen LogP contribution is -2.35. The fraction of sp³-hybridized carbons (Fsp3) is 0.588. The maximum Gasteiger partial charge on any atom is 0.252 e. The van der Waals surface area contributed by atoms with Crippen LogP contribution in [0, 0.1) is 0 Å². The zero-order valence-electron chi connectivity index (χ0n) is 13.1. The van der Waals surface area contributed by atoms with Gasteiger partial charge in [-0.05, 0) is 37.4 Å². The Hall–Kier alpha value is -1.39. The van der Waals surface area contributed by atoms with E-state index in [0.717, 1.165) is 38.0 Å². The molecule has 1 aliphatic rings. The highest BCUT2D eigenvalue weighted by molar-refractivity contribution is 5.95. The van der Waals surface area contributed by atoms with Crippen LogP contribution in [-0.4, -0.2) is 32.2 Å². The van der Waals surface area contributed by atoms with Crippen molar-refractivity contribution in [3.63, 3.8) is 0 Å². The first-order valence-corrected chi connectivity index (χ1v) is 7.98. The van der Waals surface area contributed by atoms with E-state index in [0.29, 0.717) is 12.6 Å². The van der Waals surface area contributed by atoms with Gasteiger partial charge in [-0.15, -0.1) is 0 Å². The molecule has 1 aromatic rings. The second-order valence-electron chi connectivity index (χ2n) is 5.41. The number of amides is 1. The van der Waals surface area contributed by atoms with Crippen molar-refractivity contribution in [3.05, 3.63) is 29.8 Å². The first kappa shape index (κ1) is 16.0. The molecule has 1 heterocycles. The molecule has 1 unspecified atom stereocenters. The molecule has 2 rings (SSSR count). The number of ether oxygens (including phenoxy) is 1. The molecule has 4 heteroatoms. The lowest BCUT2D eigenvalue weighted by Gasteiger charge is -2.24. The number of rotatable bonds is 6. The third-order valence-corrected chi connectivity index (χ3v) is 3.80. The standard InChI is InChI=1S/C17H26N2O2/c1-3-12-21-13-17(20)19-11-7-9-15(18-4-2)14-8-5-6-10-16(14)19/h5-6,8,10,15,18H,3-4,7,9,11-13H2,1-2H3. The van der Waals surface area contributed by atoms with Crippen molar-refractivity contribution in [1.82, 2.24) is 5.32 Å². The SMILES string of the molecule is CCCOCC(=O)N1CCCC(NCC)c2ccccc21. The molecule has 0 saturated carbocycles. The molecule has 1 N–H and O–H groups in total. The fourth-order valence-electron chi connectivity index (χ4n) is 2.86. The highest BCUT2D eigenvalue weighted by Gasteiger charge is 2.25. The Kier molecular flexibility index (Phi) is 6.21. The van der Waals surface area contributed by atoms with Crippen LogP contribution >= 0.6 is 0 Å². The molecule has 116 valence electrons. The molecule has 1 amide bonds. The summed E-state index contributed by atoms with van der Waals surface area (Å²) in [5.41, 5.74) is 2.26. The van der Waals surface area contributed by atoms with Gasteiger partial charge < -0.3 is 15.0 Å². The molecule has 4 nitrogen and oxygen atoms in total. The van der Waals surface area contributed by atoms with Crippen LogP contribution in [0.5, 0.6) is 0 Å². The molecule has 1 aliphatic heterocycles. The van der Waals surface area contributed by atoms with Crippen molar-refractivity contribution >= 4 is 11.6 Å². The van der Waals surface area contributed by atoms with Crippen molar-refractivity contribution in [2.45, 2.75) is 39.2 Å². The van der Waals surface area contributed by atoms with Crippen molar-refractivity contribution in [3.8, 4) is 0 Å². The van der Waals surface area contributed by atoms with Crippen LogP contribution in [0.2, 0.25) is 0 Å². The first-order chi connectivity index (χ1) is 10.3. The van der Waals surface area contributed by atoms with Gasteiger partial charge in [-0.25, -0.2) is 0 Å². The molecule has 1 aromatic carbocycles. The number of anilines is 1. The van der Waals surface area contributed by atoms with Gasteiger partial charge in [-0.2, -0.15) is 0 Å². The normalized spacial score (nSPS) is 18.2. The van der Waals surface area contributed by atoms with Crippen LogP contribution in [-0.2, 0) is 9.53 Å². The summed E-state index contributed by atoms with van der Waals surface area (Å²) in [4.78, 5) is 14.3. The quantitative estimate of drug-likeness (QED) is 0.819. The highest BCUT2D eigenvalue weighted by Crippen LogP contribution is 2.32. The fourth-order valence-corrected chi connectivity index (χ4v) is 2.86. The van der Waals surface area contributed by atoms with E-state index in [4.69, 9.17) is 4.74 Å². The number of hydrogen-bond acceptors (Lipinski definition) is 3. The second kappa shape index (κ2) is 8.15. The number of carbonyl (C=O) groups excluding carboxylic acids is 1. The molecule has 0 fully saturated rings. The number of nitrogens with zero attached hydrogens (tertiary/aromatic N) is 1. The van der Waals surface area contributed by atoms with Crippen molar-refractivity contribution < 1.29 is 9.53 Å². The van der Waals surface area contributed by atoms with E-state index in [2.05, 4.69) is 18.3 Å². The van der Waals surface area contributed by atoms with Gasteiger partial charge in [0.1, 0.15) is 6.61 Å². The molecule has 0 saturated heterocycles. The summed E-state index contributed by atoms with van der Waals surface area (Å²) in [6.07, 6.45) is 3.00. The Morgan fingerprint density at radius 2 is 2.19 bits per heavy atom. The lowest BCUT2D eigenvalue weighted by atomic mass is 10.0. The predicted molar refractivity (Wildman–Crippen MR) is 85.6 cm³/mol. The van der Waals surface area contributed by atoms with E-state index in [1.54, 1.807) is 0 Å². The Morgan fingerprint density at radius 1 is 1.38 bits per heavy atom. The minimum atomic E-state index is 0.0630. The van der Waals surface area contributed by atoms with Gasteiger partial charge in [0.25, 0.3) is 5.91 Å². The number of fused-ring (bicyclic) bond motifs is 1. The average Bonchev–Trinajstić information content (AvgIpc) is 2.68. The number of nitrogens with one attached hydrogen (secondary N) is 1. The zero-order valence-corrected chi connectivity index (χ0v) is 13.1. The smallest absolute Gasteiger partial charge is 0.252 e. The number of hydrogen-bond donors (Lipinski definition) is 1. The number of benzene rings is 1. The van der Waals surface area contributed by atoms with Gasteiger partial charge in [0, 0.05) is 24.9 Å². The summed E-state index contributed by atoms with van der Waals surface area (Å²) in [5, 5.41) is 3.52. The molecular weight excluding hydrogens is 264 g/mol. The summed E-state index contributed by atoms with van der Waals surface area (Å²) < 4.78 is 5.42. The van der Waals surface area contributed by atoms with Crippen LogP contribution in [0.3, 0.4) is 0 Å². The number of carbonyl (C=O) groups is 1. The summed E-state index contributed by atoms with van der Waals surface area (Å²) in [5.74, 6) is 0.0630. The first-order valence-electron chi connectivity index (χ1n) is 7.98. The third kappa shape index (κ3) is 4.05. The average molecular weight is 290 g/mol. The van der Waals surface area contributed by atoms with Crippen LogP contribution in [0.4, 0.5) is 5.69 Å². The molecular formula is C17H26N2O2. The summed E-state index contributed by atoms with van der Waals surface area (Å²) in [7, 11) is 0. The molecule has 0 aromatic heterocycles. The topological polar surface area (TPSA) is 41.6 Å². The van der Waals surface area contributed by atoms with Crippen molar-refractivity contribution in [2.75, 3.05) is 31.2 Å². The van der Waals surface area contributed by atoms with Crippen LogP contribution in [0.15, 0.2) is 24.3 Å². The minimum absolute atomic E-state index is 0.0630. The molecule has 0 bridgehead atoms.